The first-order chi connectivity index (χ1) is 13.7. The van der Waals surface area contributed by atoms with E-state index in [9.17, 15) is 9.59 Å². The minimum atomic E-state index is -0.0439. The molecule has 1 aliphatic rings. The zero-order chi connectivity index (χ0) is 19.8. The first kappa shape index (κ1) is 19.4. The lowest BCUT2D eigenvalue weighted by atomic mass is 10.2. The van der Waals surface area contributed by atoms with Gasteiger partial charge in [0.2, 0.25) is 11.9 Å². The van der Waals surface area contributed by atoms with E-state index in [1.807, 2.05) is 25.1 Å². The highest BCUT2D eigenvalue weighted by molar-refractivity contribution is 5.93. The summed E-state index contributed by atoms with van der Waals surface area (Å²) in [4.78, 5) is 40.6. The van der Waals surface area contributed by atoms with E-state index in [4.69, 9.17) is 0 Å². The maximum Gasteiger partial charge on any atom is 0.246 e. The summed E-state index contributed by atoms with van der Waals surface area (Å²) in [5.74, 6) is 0.705. The van der Waals surface area contributed by atoms with Crippen LogP contribution in [-0.4, -0.2) is 57.7 Å². The number of aromatic nitrogens is 3. The number of carbonyl (C=O) groups excluding carboxylic acids is 2. The van der Waals surface area contributed by atoms with Crippen LogP contribution in [0.4, 0.5) is 5.95 Å². The van der Waals surface area contributed by atoms with Gasteiger partial charge in [0.15, 0.2) is 5.78 Å². The zero-order valence-corrected chi connectivity index (χ0v) is 15.9. The Morgan fingerprint density at radius 1 is 0.964 bits per heavy atom. The molecule has 2 aromatic rings. The number of allylic oxidation sites excluding steroid dienone is 1. The van der Waals surface area contributed by atoms with Gasteiger partial charge in [-0.05, 0) is 36.4 Å². The number of ketones is 1. The molecule has 7 heteroatoms. The molecule has 0 bridgehead atoms. The standard InChI is InChI=1S/C21H23N5O2/c1-2-19(27)9-7-17-5-3-6-18(24-17)8-10-20(28)25-13-15-26(16-14-25)21-22-11-4-12-23-21/h3-12H,2,13-16H2,1H3/b9-7+,10-8+. The average molecular weight is 377 g/mol. The molecule has 0 atom stereocenters. The van der Waals surface area contributed by atoms with E-state index in [2.05, 4.69) is 19.9 Å². The molecule has 0 spiro atoms. The van der Waals surface area contributed by atoms with Crippen molar-refractivity contribution in [2.24, 2.45) is 0 Å². The summed E-state index contributed by atoms with van der Waals surface area (Å²) in [5, 5.41) is 0. The number of amides is 1. The van der Waals surface area contributed by atoms with Crippen LogP contribution in [0.3, 0.4) is 0 Å². The Balaban J connectivity index is 1.56. The van der Waals surface area contributed by atoms with Crippen LogP contribution >= 0.6 is 0 Å². The van der Waals surface area contributed by atoms with Crippen molar-refractivity contribution in [2.45, 2.75) is 13.3 Å². The van der Waals surface area contributed by atoms with Gasteiger partial charge in [-0.1, -0.05) is 13.0 Å². The number of hydrogen-bond acceptors (Lipinski definition) is 6. The summed E-state index contributed by atoms with van der Waals surface area (Å²) in [5.41, 5.74) is 1.36. The van der Waals surface area contributed by atoms with Crippen molar-refractivity contribution in [1.29, 1.82) is 0 Å². The van der Waals surface area contributed by atoms with E-state index in [1.54, 1.807) is 41.6 Å². The molecule has 3 rings (SSSR count). The van der Waals surface area contributed by atoms with E-state index >= 15 is 0 Å². The second-order valence-electron chi connectivity index (χ2n) is 6.33. The molecule has 0 radical (unpaired) electrons. The highest BCUT2D eigenvalue weighted by atomic mass is 16.2. The lowest BCUT2D eigenvalue weighted by Crippen LogP contribution is -2.48. The molecule has 1 saturated heterocycles. The Labute approximate surface area is 164 Å². The Kier molecular flexibility index (Phi) is 6.62. The van der Waals surface area contributed by atoms with Crippen LogP contribution in [0.15, 0.2) is 48.8 Å². The Morgan fingerprint density at radius 3 is 2.25 bits per heavy atom. The summed E-state index contributed by atoms with van der Waals surface area (Å²) in [6, 6.07) is 7.29. The molecule has 2 aromatic heterocycles. The fourth-order valence-corrected chi connectivity index (χ4v) is 2.79. The third-order valence-corrected chi connectivity index (χ3v) is 4.40. The summed E-state index contributed by atoms with van der Waals surface area (Å²) < 4.78 is 0. The topological polar surface area (TPSA) is 79.3 Å². The molecule has 0 aliphatic carbocycles. The van der Waals surface area contributed by atoms with E-state index in [-0.39, 0.29) is 11.7 Å². The normalized spacial score (nSPS) is 14.8. The Hall–Kier alpha value is -3.35. The average Bonchev–Trinajstić information content (AvgIpc) is 2.76. The molecule has 3 heterocycles. The van der Waals surface area contributed by atoms with E-state index in [0.717, 1.165) is 0 Å². The van der Waals surface area contributed by atoms with Gasteiger partial charge in [-0.15, -0.1) is 0 Å². The summed E-state index contributed by atoms with van der Waals surface area (Å²) in [7, 11) is 0. The predicted octanol–water partition coefficient (Wildman–Crippen LogP) is 2.23. The van der Waals surface area contributed by atoms with E-state index < -0.39 is 0 Å². The van der Waals surface area contributed by atoms with Gasteiger partial charge in [0.1, 0.15) is 0 Å². The SMILES string of the molecule is CCC(=O)/C=C/c1cccc(/C=C/C(=O)N2CCN(c3ncccn3)CC2)n1. The van der Waals surface area contributed by atoms with Gasteiger partial charge in [0.05, 0.1) is 11.4 Å². The third kappa shape index (κ3) is 5.33. The largest absolute Gasteiger partial charge is 0.337 e. The van der Waals surface area contributed by atoms with E-state index in [1.165, 1.54) is 6.08 Å². The van der Waals surface area contributed by atoms with Crippen molar-refractivity contribution >= 4 is 29.8 Å². The highest BCUT2D eigenvalue weighted by Crippen LogP contribution is 2.11. The van der Waals surface area contributed by atoms with E-state index in [0.29, 0.717) is 49.9 Å². The molecule has 144 valence electrons. The smallest absolute Gasteiger partial charge is 0.246 e. The zero-order valence-electron chi connectivity index (χ0n) is 15.9. The van der Waals surface area contributed by atoms with Gasteiger partial charge in [0.25, 0.3) is 0 Å². The van der Waals surface area contributed by atoms with Crippen molar-refractivity contribution in [1.82, 2.24) is 19.9 Å². The van der Waals surface area contributed by atoms with Crippen molar-refractivity contribution in [3.8, 4) is 0 Å². The second kappa shape index (κ2) is 9.55. The molecular formula is C21H23N5O2. The molecule has 0 aromatic carbocycles. The van der Waals surface area contributed by atoms with Gasteiger partial charge in [0, 0.05) is 51.1 Å². The number of piperazine rings is 1. The lowest BCUT2D eigenvalue weighted by Gasteiger charge is -2.34. The molecule has 0 unspecified atom stereocenters. The Bertz CT molecular complexity index is 871. The van der Waals surface area contributed by atoms with Crippen molar-refractivity contribution < 1.29 is 9.59 Å². The van der Waals surface area contributed by atoms with Crippen LogP contribution in [-0.2, 0) is 9.59 Å². The fraction of sp³-hybridized carbons (Fsp3) is 0.286. The van der Waals surface area contributed by atoms with Gasteiger partial charge in [-0.25, -0.2) is 15.0 Å². The van der Waals surface area contributed by atoms with Crippen LogP contribution in [0.2, 0.25) is 0 Å². The summed E-state index contributed by atoms with van der Waals surface area (Å²) in [6.45, 7) is 4.46. The number of carbonyl (C=O) groups is 2. The summed E-state index contributed by atoms with van der Waals surface area (Å²) in [6.07, 6.45) is 10.4. The quantitative estimate of drug-likeness (QED) is 0.718. The molecule has 0 N–H and O–H groups in total. The number of pyridine rings is 1. The van der Waals surface area contributed by atoms with Gasteiger partial charge < -0.3 is 9.80 Å². The monoisotopic (exact) mass is 377 g/mol. The highest BCUT2D eigenvalue weighted by Gasteiger charge is 2.20. The second-order valence-corrected chi connectivity index (χ2v) is 6.33. The van der Waals surface area contributed by atoms with Crippen molar-refractivity contribution in [3.05, 3.63) is 60.2 Å². The first-order valence-corrected chi connectivity index (χ1v) is 9.32. The van der Waals surface area contributed by atoms with Gasteiger partial charge in [-0.2, -0.15) is 0 Å². The van der Waals surface area contributed by atoms with Crippen molar-refractivity contribution in [2.75, 3.05) is 31.1 Å². The Morgan fingerprint density at radius 2 is 1.61 bits per heavy atom. The van der Waals surface area contributed by atoms with Gasteiger partial charge in [-0.3, -0.25) is 9.59 Å². The van der Waals surface area contributed by atoms with Crippen LogP contribution in [0.25, 0.3) is 12.2 Å². The number of nitrogens with zero attached hydrogens (tertiary/aromatic N) is 5. The minimum Gasteiger partial charge on any atom is -0.337 e. The lowest BCUT2D eigenvalue weighted by molar-refractivity contribution is -0.126. The minimum absolute atomic E-state index is 0.0439. The molecule has 1 amide bonds. The number of hydrogen-bond donors (Lipinski definition) is 0. The van der Waals surface area contributed by atoms with Crippen LogP contribution in [0, 0.1) is 0 Å². The maximum atomic E-state index is 12.5. The molecule has 0 saturated carbocycles. The van der Waals surface area contributed by atoms with Crippen molar-refractivity contribution in [3.63, 3.8) is 0 Å². The van der Waals surface area contributed by atoms with Gasteiger partial charge >= 0.3 is 0 Å². The predicted molar refractivity (Wildman–Crippen MR) is 108 cm³/mol. The molecule has 7 nitrogen and oxygen atoms in total. The number of anilines is 1. The molecule has 28 heavy (non-hydrogen) atoms. The van der Waals surface area contributed by atoms with Crippen LogP contribution in [0.1, 0.15) is 24.7 Å². The number of rotatable bonds is 6. The fourth-order valence-electron chi connectivity index (χ4n) is 2.79. The summed E-state index contributed by atoms with van der Waals surface area (Å²) >= 11 is 0. The molecule has 1 fully saturated rings. The van der Waals surface area contributed by atoms with Crippen LogP contribution in [0.5, 0.6) is 0 Å². The van der Waals surface area contributed by atoms with Crippen LogP contribution < -0.4 is 4.90 Å². The maximum absolute atomic E-state index is 12.5. The molecular weight excluding hydrogens is 354 g/mol. The first-order valence-electron chi connectivity index (χ1n) is 9.32. The third-order valence-electron chi connectivity index (χ3n) is 4.40. The molecule has 1 aliphatic heterocycles.